The van der Waals surface area contributed by atoms with Crippen molar-refractivity contribution < 1.29 is 9.53 Å². The number of likely N-dealkylation sites (N-methyl/N-ethyl adjacent to an activating group) is 1. The molecule has 2 heterocycles. The van der Waals surface area contributed by atoms with E-state index >= 15 is 0 Å². The monoisotopic (exact) mass is 258 g/mol. The van der Waals surface area contributed by atoms with E-state index in [1.807, 2.05) is 18.8 Å². The molecule has 0 aromatic rings. The van der Waals surface area contributed by atoms with Crippen molar-refractivity contribution in [2.45, 2.75) is 18.9 Å². The normalized spacial score (nSPS) is 30.4. The second-order valence-corrected chi connectivity index (χ2v) is 6.06. The van der Waals surface area contributed by atoms with E-state index < -0.39 is 0 Å². The van der Waals surface area contributed by atoms with Crippen molar-refractivity contribution in [1.29, 1.82) is 0 Å². The van der Waals surface area contributed by atoms with Crippen molar-refractivity contribution in [3.05, 3.63) is 0 Å². The van der Waals surface area contributed by atoms with Crippen LogP contribution in [0.15, 0.2) is 0 Å². The Hall–Kier alpha value is -0.260. The summed E-state index contributed by atoms with van der Waals surface area (Å²) < 4.78 is 5.35. The summed E-state index contributed by atoms with van der Waals surface area (Å²) in [6.07, 6.45) is 2.48. The first-order valence-corrected chi connectivity index (χ1v) is 7.57. The molecule has 2 rings (SSSR count). The van der Waals surface area contributed by atoms with E-state index in [4.69, 9.17) is 4.74 Å². The van der Waals surface area contributed by atoms with Crippen LogP contribution in [0.3, 0.4) is 0 Å². The standard InChI is InChI=1S/C12H22N2O2S/c1-13-11-8-16-7-10(11)12(15)14-6-9-2-4-17-5-3-9/h9-11,13H,2-8H2,1H3,(H,14,15). The Morgan fingerprint density at radius 3 is 2.82 bits per heavy atom. The minimum atomic E-state index is -0.0158. The van der Waals surface area contributed by atoms with Gasteiger partial charge in [-0.2, -0.15) is 11.8 Å². The molecule has 0 aliphatic carbocycles. The Morgan fingerprint density at radius 1 is 1.35 bits per heavy atom. The number of amides is 1. The summed E-state index contributed by atoms with van der Waals surface area (Å²) >= 11 is 2.02. The van der Waals surface area contributed by atoms with Crippen LogP contribution >= 0.6 is 11.8 Å². The molecule has 0 aromatic carbocycles. The van der Waals surface area contributed by atoms with Gasteiger partial charge in [0.2, 0.25) is 5.91 Å². The van der Waals surface area contributed by atoms with Crippen molar-refractivity contribution in [3.63, 3.8) is 0 Å². The molecule has 2 fully saturated rings. The zero-order valence-corrected chi connectivity index (χ0v) is 11.2. The largest absolute Gasteiger partial charge is 0.379 e. The average Bonchev–Trinajstić information content (AvgIpc) is 2.85. The van der Waals surface area contributed by atoms with Gasteiger partial charge in [-0.1, -0.05) is 0 Å². The Labute approximate surface area is 107 Å². The molecule has 0 saturated carbocycles. The van der Waals surface area contributed by atoms with Crippen molar-refractivity contribution in [2.24, 2.45) is 11.8 Å². The van der Waals surface area contributed by atoms with Gasteiger partial charge in [0.25, 0.3) is 0 Å². The molecule has 0 radical (unpaired) electrons. The molecule has 4 nitrogen and oxygen atoms in total. The summed E-state index contributed by atoms with van der Waals surface area (Å²) in [5, 5.41) is 6.23. The predicted octanol–water partition coefficient (Wildman–Crippen LogP) is 0.480. The van der Waals surface area contributed by atoms with Crippen LogP contribution in [-0.4, -0.2) is 50.3 Å². The summed E-state index contributed by atoms with van der Waals surface area (Å²) in [6, 6.07) is 0.178. The van der Waals surface area contributed by atoms with Crippen LogP contribution in [0.5, 0.6) is 0 Å². The van der Waals surface area contributed by atoms with Gasteiger partial charge in [0.1, 0.15) is 0 Å². The van der Waals surface area contributed by atoms with Gasteiger partial charge in [-0.15, -0.1) is 0 Å². The van der Waals surface area contributed by atoms with Crippen molar-refractivity contribution in [3.8, 4) is 0 Å². The molecular weight excluding hydrogens is 236 g/mol. The molecule has 98 valence electrons. The molecule has 2 aliphatic rings. The van der Waals surface area contributed by atoms with Gasteiger partial charge in [0, 0.05) is 12.6 Å². The van der Waals surface area contributed by atoms with E-state index in [2.05, 4.69) is 10.6 Å². The van der Waals surface area contributed by atoms with E-state index in [1.165, 1.54) is 24.3 Å². The highest BCUT2D eigenvalue weighted by Crippen LogP contribution is 2.22. The third kappa shape index (κ3) is 3.60. The van der Waals surface area contributed by atoms with Crippen LogP contribution in [0.25, 0.3) is 0 Å². The molecule has 0 aromatic heterocycles. The lowest BCUT2D eigenvalue weighted by atomic mass is 10.0. The summed E-state index contributed by atoms with van der Waals surface area (Å²) in [5.41, 5.74) is 0. The molecule has 17 heavy (non-hydrogen) atoms. The van der Waals surface area contributed by atoms with Crippen molar-refractivity contribution in [1.82, 2.24) is 10.6 Å². The van der Waals surface area contributed by atoms with Gasteiger partial charge in [-0.05, 0) is 37.3 Å². The minimum Gasteiger partial charge on any atom is -0.379 e. The van der Waals surface area contributed by atoms with Gasteiger partial charge >= 0.3 is 0 Å². The van der Waals surface area contributed by atoms with Crippen LogP contribution in [0, 0.1) is 11.8 Å². The number of carbonyl (C=O) groups excluding carboxylic acids is 1. The van der Waals surface area contributed by atoms with Crippen LogP contribution in [0.4, 0.5) is 0 Å². The molecule has 0 spiro atoms. The van der Waals surface area contributed by atoms with Gasteiger partial charge in [-0.25, -0.2) is 0 Å². The maximum absolute atomic E-state index is 12.0. The first kappa shape index (κ1) is 13.2. The Bertz CT molecular complexity index is 257. The van der Waals surface area contributed by atoms with Crippen molar-refractivity contribution >= 4 is 17.7 Å². The quantitative estimate of drug-likeness (QED) is 0.770. The molecule has 1 amide bonds. The fourth-order valence-corrected chi connectivity index (χ4v) is 3.63. The molecule has 5 heteroatoms. The van der Waals surface area contributed by atoms with E-state index in [-0.39, 0.29) is 17.9 Å². The lowest BCUT2D eigenvalue weighted by Gasteiger charge is -2.23. The number of nitrogens with one attached hydrogen (secondary N) is 2. The number of hydrogen-bond acceptors (Lipinski definition) is 4. The van der Waals surface area contributed by atoms with Gasteiger partial charge < -0.3 is 15.4 Å². The SMILES string of the molecule is CNC1COCC1C(=O)NCC1CCSCC1. The second-order valence-electron chi connectivity index (χ2n) is 4.84. The topological polar surface area (TPSA) is 50.4 Å². The molecule has 2 atom stereocenters. The summed E-state index contributed by atoms with van der Waals surface area (Å²) in [7, 11) is 1.89. The summed E-state index contributed by atoms with van der Waals surface area (Å²) in [6.45, 7) is 2.04. The molecule has 2 aliphatic heterocycles. The minimum absolute atomic E-state index is 0.0158. The molecule has 2 unspecified atom stereocenters. The van der Waals surface area contributed by atoms with Gasteiger partial charge in [0.05, 0.1) is 19.1 Å². The zero-order chi connectivity index (χ0) is 12.1. The predicted molar refractivity (Wildman–Crippen MR) is 70.2 cm³/mol. The van der Waals surface area contributed by atoms with E-state index in [0.29, 0.717) is 19.1 Å². The van der Waals surface area contributed by atoms with Gasteiger partial charge in [0.15, 0.2) is 0 Å². The summed E-state index contributed by atoms with van der Waals surface area (Å²) in [5.74, 6) is 3.30. The highest BCUT2D eigenvalue weighted by Gasteiger charge is 2.33. The molecular formula is C12H22N2O2S. The maximum Gasteiger partial charge on any atom is 0.227 e. The smallest absolute Gasteiger partial charge is 0.227 e. The van der Waals surface area contributed by atoms with Crippen molar-refractivity contribution in [2.75, 3.05) is 38.3 Å². The van der Waals surface area contributed by atoms with Crippen LogP contribution in [0.1, 0.15) is 12.8 Å². The number of ether oxygens (including phenoxy) is 1. The van der Waals surface area contributed by atoms with Crippen LogP contribution < -0.4 is 10.6 Å². The Balaban J connectivity index is 1.72. The molecule has 2 N–H and O–H groups in total. The third-order valence-electron chi connectivity index (χ3n) is 3.69. The lowest BCUT2D eigenvalue weighted by molar-refractivity contribution is -0.125. The fourth-order valence-electron chi connectivity index (χ4n) is 2.42. The van der Waals surface area contributed by atoms with Gasteiger partial charge in [-0.3, -0.25) is 4.79 Å². The maximum atomic E-state index is 12.0. The Morgan fingerprint density at radius 2 is 2.12 bits per heavy atom. The molecule has 2 saturated heterocycles. The average molecular weight is 258 g/mol. The first-order chi connectivity index (χ1) is 8.31. The van der Waals surface area contributed by atoms with Crippen LogP contribution in [-0.2, 0) is 9.53 Å². The fraction of sp³-hybridized carbons (Fsp3) is 0.917. The van der Waals surface area contributed by atoms with E-state index in [1.54, 1.807) is 0 Å². The molecule has 0 bridgehead atoms. The lowest BCUT2D eigenvalue weighted by Crippen LogP contribution is -2.44. The summed E-state index contributed by atoms with van der Waals surface area (Å²) in [4.78, 5) is 12.0. The van der Waals surface area contributed by atoms with E-state index in [0.717, 1.165) is 6.54 Å². The Kier molecular flexibility index (Phi) is 5.13. The van der Waals surface area contributed by atoms with Crippen LogP contribution in [0.2, 0.25) is 0 Å². The number of hydrogen-bond donors (Lipinski definition) is 2. The highest BCUT2D eigenvalue weighted by atomic mass is 32.2. The second kappa shape index (κ2) is 6.61. The number of rotatable bonds is 4. The third-order valence-corrected chi connectivity index (χ3v) is 4.74. The number of carbonyl (C=O) groups is 1. The number of thioether (sulfide) groups is 1. The highest BCUT2D eigenvalue weighted by molar-refractivity contribution is 7.99. The van der Waals surface area contributed by atoms with E-state index in [9.17, 15) is 4.79 Å². The first-order valence-electron chi connectivity index (χ1n) is 6.41. The zero-order valence-electron chi connectivity index (χ0n) is 10.4.